The molecule has 0 bridgehead atoms. The van der Waals surface area contributed by atoms with E-state index in [0.717, 1.165) is 27.5 Å². The maximum atomic E-state index is 14.1. The number of rotatable bonds is 2. The van der Waals surface area contributed by atoms with E-state index < -0.39 is 0 Å². The first-order valence-electron chi connectivity index (χ1n) is 12.7. The fraction of sp³-hybridized carbons (Fsp3) is 0. The van der Waals surface area contributed by atoms with E-state index in [-0.39, 0.29) is 16.8 Å². The molecular formula is C33H20N4O2. The minimum atomic E-state index is -0.345. The topological polar surface area (TPSA) is 61.3 Å². The molecule has 0 radical (unpaired) electrons. The van der Waals surface area contributed by atoms with Crippen molar-refractivity contribution in [1.82, 2.24) is 18.5 Å². The van der Waals surface area contributed by atoms with E-state index in [1.165, 1.54) is 4.40 Å². The predicted molar refractivity (Wildman–Crippen MR) is 156 cm³/mol. The summed E-state index contributed by atoms with van der Waals surface area (Å²) in [6.07, 6.45) is 0. The van der Waals surface area contributed by atoms with Crippen molar-refractivity contribution in [2.45, 2.75) is 0 Å². The van der Waals surface area contributed by atoms with Crippen LogP contribution >= 0.6 is 0 Å². The molecule has 0 N–H and O–H groups in total. The monoisotopic (exact) mass is 504 g/mol. The first kappa shape index (κ1) is 21.6. The smallest absolute Gasteiger partial charge is 0.299 e. The molecule has 8 rings (SSSR count). The highest BCUT2D eigenvalue weighted by atomic mass is 16.1. The number of hydrogen-bond acceptors (Lipinski definition) is 3. The molecule has 0 spiro atoms. The van der Waals surface area contributed by atoms with E-state index in [0.29, 0.717) is 27.6 Å². The Kier molecular flexibility index (Phi) is 4.43. The summed E-state index contributed by atoms with van der Waals surface area (Å²) in [6, 6.07) is 39.2. The molecule has 6 heteroatoms. The highest BCUT2D eigenvalue weighted by Gasteiger charge is 2.18. The Morgan fingerprint density at radius 2 is 1.10 bits per heavy atom. The summed E-state index contributed by atoms with van der Waals surface area (Å²) in [5.74, 6) is 0. The van der Waals surface area contributed by atoms with Crippen LogP contribution in [0.2, 0.25) is 0 Å². The second-order valence-electron chi connectivity index (χ2n) is 9.61. The number of fused-ring (bicyclic) bond motifs is 7. The second-order valence-corrected chi connectivity index (χ2v) is 9.61. The molecule has 0 atom stereocenters. The number of aromatic nitrogens is 4. The summed E-state index contributed by atoms with van der Waals surface area (Å²) in [5.41, 5.74) is 5.19. The van der Waals surface area contributed by atoms with E-state index in [1.807, 2.05) is 72.8 Å². The van der Waals surface area contributed by atoms with Gasteiger partial charge < -0.3 is 4.57 Å². The minimum Gasteiger partial charge on any atom is -0.309 e. The van der Waals surface area contributed by atoms with Crippen LogP contribution in [0.4, 0.5) is 0 Å². The third-order valence-electron chi connectivity index (χ3n) is 7.46. The van der Waals surface area contributed by atoms with Gasteiger partial charge in [0.1, 0.15) is 0 Å². The van der Waals surface area contributed by atoms with Crippen LogP contribution in [0.1, 0.15) is 0 Å². The molecule has 0 aliphatic carbocycles. The summed E-state index contributed by atoms with van der Waals surface area (Å²) >= 11 is 0. The van der Waals surface area contributed by atoms with E-state index >= 15 is 0 Å². The third kappa shape index (κ3) is 3.00. The van der Waals surface area contributed by atoms with Gasteiger partial charge in [-0.2, -0.15) is 0 Å². The van der Waals surface area contributed by atoms with Crippen LogP contribution in [0.15, 0.2) is 131 Å². The Hall–Kier alpha value is -5.49. The van der Waals surface area contributed by atoms with Crippen LogP contribution in [0.25, 0.3) is 60.8 Å². The molecule has 8 aromatic rings. The molecule has 0 saturated carbocycles. The molecule has 0 amide bonds. The van der Waals surface area contributed by atoms with Crippen molar-refractivity contribution in [2.24, 2.45) is 0 Å². The average molecular weight is 505 g/mol. The zero-order chi connectivity index (χ0) is 26.1. The predicted octanol–water partition coefficient (Wildman–Crippen LogP) is 6.25. The van der Waals surface area contributed by atoms with Crippen molar-refractivity contribution in [3.8, 4) is 11.4 Å². The first-order chi connectivity index (χ1) is 19.2. The highest BCUT2D eigenvalue weighted by Crippen LogP contribution is 2.33. The lowest BCUT2D eigenvalue weighted by atomic mass is 10.1. The lowest BCUT2D eigenvalue weighted by Gasteiger charge is -2.14. The van der Waals surface area contributed by atoms with Gasteiger partial charge in [-0.05, 0) is 60.7 Å². The van der Waals surface area contributed by atoms with Gasteiger partial charge in [0.05, 0.1) is 38.7 Å². The molecule has 3 heterocycles. The van der Waals surface area contributed by atoms with Crippen molar-refractivity contribution >= 4 is 49.4 Å². The summed E-state index contributed by atoms with van der Waals surface area (Å²) in [4.78, 5) is 32.3. The van der Waals surface area contributed by atoms with Crippen molar-refractivity contribution in [2.75, 3.05) is 0 Å². The fourth-order valence-electron chi connectivity index (χ4n) is 5.76. The van der Waals surface area contributed by atoms with Crippen molar-refractivity contribution in [3.05, 3.63) is 142 Å². The van der Waals surface area contributed by atoms with Crippen molar-refractivity contribution in [1.29, 1.82) is 0 Å². The van der Waals surface area contributed by atoms with Crippen LogP contribution in [-0.2, 0) is 0 Å². The van der Waals surface area contributed by atoms with Crippen LogP contribution in [0.3, 0.4) is 0 Å². The molecule has 39 heavy (non-hydrogen) atoms. The lowest BCUT2D eigenvalue weighted by molar-refractivity contribution is 0.989. The normalized spacial score (nSPS) is 11.8. The summed E-state index contributed by atoms with van der Waals surface area (Å²) < 4.78 is 5.35. The maximum Gasteiger partial charge on any atom is 0.299 e. The summed E-state index contributed by atoms with van der Waals surface area (Å²) in [6.45, 7) is 0. The van der Waals surface area contributed by atoms with Crippen LogP contribution in [0, 0.1) is 0 Å². The van der Waals surface area contributed by atoms with E-state index in [2.05, 4.69) is 45.9 Å². The van der Waals surface area contributed by atoms with Gasteiger partial charge in [-0.1, -0.05) is 60.7 Å². The largest absolute Gasteiger partial charge is 0.309 e. The quantitative estimate of drug-likeness (QED) is 0.207. The van der Waals surface area contributed by atoms with Gasteiger partial charge in [0.25, 0.3) is 11.1 Å². The Bertz CT molecular complexity index is 2380. The lowest BCUT2D eigenvalue weighted by Crippen LogP contribution is -2.28. The molecule has 0 aliphatic rings. The molecule has 3 aromatic heterocycles. The second kappa shape index (κ2) is 8.00. The first-order valence-corrected chi connectivity index (χ1v) is 12.7. The van der Waals surface area contributed by atoms with E-state index in [4.69, 9.17) is 0 Å². The van der Waals surface area contributed by atoms with Gasteiger partial charge >= 0.3 is 0 Å². The Balaban J connectivity index is 1.50. The summed E-state index contributed by atoms with van der Waals surface area (Å²) in [7, 11) is 0. The van der Waals surface area contributed by atoms with Crippen LogP contribution in [0.5, 0.6) is 0 Å². The average Bonchev–Trinajstić information content (AvgIpc) is 3.32. The number of nitrogens with zero attached hydrogens (tertiary/aromatic N) is 4. The Morgan fingerprint density at radius 1 is 0.462 bits per heavy atom. The van der Waals surface area contributed by atoms with Gasteiger partial charge in [0.2, 0.25) is 5.65 Å². The van der Waals surface area contributed by atoms with E-state index in [9.17, 15) is 9.59 Å². The molecule has 0 unspecified atom stereocenters. The van der Waals surface area contributed by atoms with Gasteiger partial charge in [-0.3, -0.25) is 18.6 Å². The molecule has 0 aliphatic heterocycles. The van der Waals surface area contributed by atoms with Crippen molar-refractivity contribution < 1.29 is 0 Å². The Morgan fingerprint density at radius 3 is 1.92 bits per heavy atom. The maximum absolute atomic E-state index is 14.1. The Labute approximate surface area is 221 Å². The standard InChI is InChI=1S/C33H20N4O2/c38-32-24-13-4-6-14-26(24)34-31-33(39)36(29-16-8-9-17-30(29)37(31)32)22-18-19-28-25(20-22)23-12-5-7-15-27(23)35(28)21-10-2-1-3-11-21/h1-20H. The van der Waals surface area contributed by atoms with E-state index in [1.54, 1.807) is 16.7 Å². The molecule has 0 saturated heterocycles. The number of benzene rings is 5. The molecule has 6 nitrogen and oxygen atoms in total. The third-order valence-corrected chi connectivity index (χ3v) is 7.46. The molecular weight excluding hydrogens is 484 g/mol. The van der Waals surface area contributed by atoms with Crippen LogP contribution in [-0.4, -0.2) is 18.5 Å². The molecule has 184 valence electrons. The summed E-state index contributed by atoms with van der Waals surface area (Å²) in [5, 5.41) is 2.61. The molecule has 5 aromatic carbocycles. The van der Waals surface area contributed by atoms with Crippen LogP contribution < -0.4 is 11.1 Å². The zero-order valence-corrected chi connectivity index (χ0v) is 20.7. The SMILES string of the molecule is O=c1c2nc3ccccc3c(=O)n2c2ccccc2n1-c1ccc2c(c1)c1ccccc1n2-c1ccccc1. The minimum absolute atomic E-state index is 0.101. The van der Waals surface area contributed by atoms with Gasteiger partial charge in [0, 0.05) is 16.5 Å². The molecule has 0 fully saturated rings. The highest BCUT2D eigenvalue weighted by molar-refractivity contribution is 6.10. The fourth-order valence-corrected chi connectivity index (χ4v) is 5.76. The number of para-hydroxylation sites is 5. The van der Waals surface area contributed by atoms with Gasteiger partial charge in [-0.25, -0.2) is 4.98 Å². The van der Waals surface area contributed by atoms with Gasteiger partial charge in [-0.15, -0.1) is 0 Å². The van der Waals surface area contributed by atoms with Gasteiger partial charge in [0.15, 0.2) is 0 Å². The van der Waals surface area contributed by atoms with Crippen molar-refractivity contribution in [3.63, 3.8) is 0 Å². The zero-order valence-electron chi connectivity index (χ0n) is 20.7. The number of hydrogen-bond donors (Lipinski definition) is 0.